The van der Waals surface area contributed by atoms with Crippen molar-refractivity contribution in [2.45, 2.75) is 22.0 Å². The van der Waals surface area contributed by atoms with Gasteiger partial charge in [0.15, 0.2) is 0 Å². The molecule has 0 spiro atoms. The second-order valence-corrected chi connectivity index (χ2v) is 12.3. The van der Waals surface area contributed by atoms with Gasteiger partial charge in [0.05, 0.1) is 29.0 Å². The molecule has 2 aliphatic heterocycles. The molecular formula is C39H30N2S. The van der Waals surface area contributed by atoms with E-state index in [9.17, 15) is 0 Å². The zero-order valence-corrected chi connectivity index (χ0v) is 24.0. The maximum absolute atomic E-state index is 5.25. The predicted octanol–water partition coefficient (Wildman–Crippen LogP) is 9.59. The van der Waals surface area contributed by atoms with E-state index in [1.165, 1.54) is 43.8 Å². The molecule has 3 aliphatic rings. The molecule has 0 radical (unpaired) electrons. The minimum atomic E-state index is -0.379. The number of para-hydroxylation sites is 1. The van der Waals surface area contributed by atoms with Gasteiger partial charge in [-0.05, 0) is 58.0 Å². The van der Waals surface area contributed by atoms with E-state index in [2.05, 4.69) is 151 Å². The van der Waals surface area contributed by atoms with Gasteiger partial charge < -0.3 is 5.32 Å². The molecule has 3 heteroatoms. The Hall–Kier alpha value is -4.60. The summed E-state index contributed by atoms with van der Waals surface area (Å²) in [5.41, 5.74) is 11.7. The average molecular weight is 559 g/mol. The van der Waals surface area contributed by atoms with E-state index in [4.69, 9.17) is 4.99 Å². The standard InChI is InChI=1S/C39H30N2S/c1-4-13-27(14-5-1)31-19-12-21-34-38(31)40-26-35(41-34)28-23-24-37-33(25-28)39(29-15-6-2-7-16-29,30-17-8-3-9-18-30)32-20-10-11-22-36(32)42-37/h1-21,23-25,36,40H,22,26H2. The lowest BCUT2D eigenvalue weighted by Crippen LogP contribution is -2.40. The summed E-state index contributed by atoms with van der Waals surface area (Å²) in [4.78, 5) is 6.59. The summed E-state index contributed by atoms with van der Waals surface area (Å²) in [6.45, 7) is 0.681. The van der Waals surface area contributed by atoms with E-state index >= 15 is 0 Å². The summed E-state index contributed by atoms with van der Waals surface area (Å²) in [6.07, 6.45) is 7.97. The number of aliphatic imine (C=N–C) groups is 1. The molecule has 1 aliphatic carbocycles. The fourth-order valence-corrected chi connectivity index (χ4v) is 8.27. The van der Waals surface area contributed by atoms with Crippen LogP contribution in [-0.2, 0) is 5.41 Å². The van der Waals surface area contributed by atoms with Gasteiger partial charge in [-0.1, -0.05) is 127 Å². The van der Waals surface area contributed by atoms with Crippen LogP contribution in [0, 0.1) is 0 Å². The molecule has 0 amide bonds. The third-order valence-electron chi connectivity index (χ3n) is 8.76. The maximum atomic E-state index is 5.25. The molecule has 0 aromatic heterocycles. The Morgan fingerprint density at radius 2 is 1.43 bits per heavy atom. The fraction of sp³-hybridized carbons (Fsp3) is 0.103. The van der Waals surface area contributed by atoms with Gasteiger partial charge in [-0.15, -0.1) is 11.8 Å². The van der Waals surface area contributed by atoms with Gasteiger partial charge >= 0.3 is 0 Å². The Bertz CT molecular complexity index is 1830. The molecule has 202 valence electrons. The molecule has 1 atom stereocenters. The summed E-state index contributed by atoms with van der Waals surface area (Å²) in [5.74, 6) is 0. The molecule has 0 saturated carbocycles. The first-order valence-corrected chi connectivity index (χ1v) is 15.5. The number of rotatable bonds is 4. The van der Waals surface area contributed by atoms with Gasteiger partial charge in [0.25, 0.3) is 0 Å². The Balaban J connectivity index is 1.33. The van der Waals surface area contributed by atoms with Crippen LogP contribution in [0.25, 0.3) is 11.1 Å². The van der Waals surface area contributed by atoms with Crippen LogP contribution in [0.4, 0.5) is 11.4 Å². The number of hydrogen-bond donors (Lipinski definition) is 1. The summed E-state index contributed by atoms with van der Waals surface area (Å²) in [5, 5.41) is 4.13. The second kappa shape index (κ2) is 10.3. The number of fused-ring (bicyclic) bond motifs is 3. The zero-order valence-electron chi connectivity index (χ0n) is 23.2. The highest BCUT2D eigenvalue weighted by atomic mass is 32.2. The second-order valence-electron chi connectivity index (χ2n) is 11.1. The number of thioether (sulfide) groups is 1. The number of allylic oxidation sites excluding steroid dienone is 3. The number of benzene rings is 5. The molecule has 42 heavy (non-hydrogen) atoms. The summed E-state index contributed by atoms with van der Waals surface area (Å²) in [6, 6.07) is 46.1. The van der Waals surface area contributed by atoms with Crippen LogP contribution >= 0.6 is 11.8 Å². The van der Waals surface area contributed by atoms with E-state index in [-0.39, 0.29) is 5.41 Å². The molecule has 5 aromatic carbocycles. The van der Waals surface area contributed by atoms with Crippen molar-refractivity contribution in [3.8, 4) is 11.1 Å². The SMILES string of the molecule is C1=CCC2Sc3ccc(C4=Nc5cccc(-c6ccccc6)c5NC4)cc3C(c3ccccc3)(c3ccccc3)C2=C1. The molecule has 8 rings (SSSR count). The molecule has 1 N–H and O–H groups in total. The van der Waals surface area contributed by atoms with E-state index in [1.54, 1.807) is 0 Å². The molecular weight excluding hydrogens is 529 g/mol. The topological polar surface area (TPSA) is 24.4 Å². The smallest absolute Gasteiger partial charge is 0.0871 e. The quantitative estimate of drug-likeness (QED) is 0.237. The van der Waals surface area contributed by atoms with Crippen molar-refractivity contribution in [3.05, 3.63) is 173 Å². The first-order chi connectivity index (χ1) is 20.8. The van der Waals surface area contributed by atoms with Gasteiger partial charge in [0, 0.05) is 15.7 Å². The van der Waals surface area contributed by atoms with E-state index in [0.29, 0.717) is 11.8 Å². The molecule has 0 fully saturated rings. The predicted molar refractivity (Wildman–Crippen MR) is 177 cm³/mol. The van der Waals surface area contributed by atoms with E-state index in [1.807, 2.05) is 11.8 Å². The van der Waals surface area contributed by atoms with E-state index < -0.39 is 0 Å². The van der Waals surface area contributed by atoms with Crippen LogP contribution < -0.4 is 5.32 Å². The van der Waals surface area contributed by atoms with Crippen molar-refractivity contribution in [1.82, 2.24) is 0 Å². The lowest BCUT2D eigenvalue weighted by Gasteiger charge is -2.46. The van der Waals surface area contributed by atoms with Crippen LogP contribution in [0.1, 0.15) is 28.7 Å². The van der Waals surface area contributed by atoms with Crippen LogP contribution in [0.3, 0.4) is 0 Å². The number of anilines is 1. The van der Waals surface area contributed by atoms with Crippen molar-refractivity contribution in [1.29, 1.82) is 0 Å². The molecule has 0 bridgehead atoms. The van der Waals surface area contributed by atoms with Crippen molar-refractivity contribution in [3.63, 3.8) is 0 Å². The first-order valence-electron chi connectivity index (χ1n) is 14.6. The van der Waals surface area contributed by atoms with Crippen LogP contribution in [0.2, 0.25) is 0 Å². The monoisotopic (exact) mass is 558 g/mol. The van der Waals surface area contributed by atoms with Gasteiger partial charge in [-0.25, -0.2) is 4.99 Å². The largest absolute Gasteiger partial charge is 0.377 e. The Morgan fingerprint density at radius 3 is 2.17 bits per heavy atom. The third-order valence-corrected chi connectivity index (χ3v) is 10.1. The van der Waals surface area contributed by atoms with Crippen LogP contribution in [0.15, 0.2) is 161 Å². The highest BCUT2D eigenvalue weighted by Gasteiger charge is 2.48. The lowest BCUT2D eigenvalue weighted by molar-refractivity contribution is 0.657. The zero-order chi connectivity index (χ0) is 27.9. The van der Waals surface area contributed by atoms with Crippen LogP contribution in [-0.4, -0.2) is 17.5 Å². The number of hydrogen-bond acceptors (Lipinski definition) is 3. The van der Waals surface area contributed by atoms with Crippen molar-refractivity contribution >= 4 is 28.8 Å². The van der Waals surface area contributed by atoms with Gasteiger partial charge in [-0.2, -0.15) is 0 Å². The highest BCUT2D eigenvalue weighted by molar-refractivity contribution is 8.00. The summed E-state index contributed by atoms with van der Waals surface area (Å²) >= 11 is 2.00. The number of nitrogens with zero attached hydrogens (tertiary/aromatic N) is 1. The normalized spacial score (nSPS) is 18.0. The lowest BCUT2D eigenvalue weighted by atomic mass is 9.62. The van der Waals surface area contributed by atoms with Crippen molar-refractivity contribution in [2.24, 2.45) is 4.99 Å². The number of nitrogens with one attached hydrogen (secondary N) is 1. The van der Waals surface area contributed by atoms with Crippen molar-refractivity contribution < 1.29 is 0 Å². The molecule has 2 heterocycles. The maximum Gasteiger partial charge on any atom is 0.0871 e. The first kappa shape index (κ1) is 25.1. The van der Waals surface area contributed by atoms with Gasteiger partial charge in [-0.3, -0.25) is 0 Å². The molecule has 1 unspecified atom stereocenters. The highest BCUT2D eigenvalue weighted by Crippen LogP contribution is 2.57. The molecule has 2 nitrogen and oxygen atoms in total. The minimum absolute atomic E-state index is 0.379. The minimum Gasteiger partial charge on any atom is -0.377 e. The fourth-order valence-electron chi connectivity index (χ4n) is 6.89. The summed E-state index contributed by atoms with van der Waals surface area (Å²) < 4.78 is 0. The van der Waals surface area contributed by atoms with Gasteiger partial charge in [0.2, 0.25) is 0 Å². The Morgan fingerprint density at radius 1 is 0.714 bits per heavy atom. The van der Waals surface area contributed by atoms with Crippen LogP contribution in [0.5, 0.6) is 0 Å². The van der Waals surface area contributed by atoms with E-state index in [0.717, 1.165) is 23.5 Å². The van der Waals surface area contributed by atoms with Gasteiger partial charge in [0.1, 0.15) is 0 Å². The Labute approximate surface area is 251 Å². The summed E-state index contributed by atoms with van der Waals surface area (Å²) in [7, 11) is 0. The van der Waals surface area contributed by atoms with Crippen molar-refractivity contribution in [2.75, 3.05) is 11.9 Å². The third kappa shape index (κ3) is 4.00. The molecule has 5 aromatic rings. The molecule has 0 saturated heterocycles. The average Bonchev–Trinajstić information content (AvgIpc) is 3.07. The Kier molecular flexibility index (Phi) is 6.19.